The largest absolute Gasteiger partial charge is 0.469 e. The smallest absolute Gasteiger partial charge is 0.309 e. The molecule has 0 bridgehead atoms. The molecule has 0 saturated heterocycles. The molecular weight excluding hydrogens is 200 g/mol. The van der Waals surface area contributed by atoms with Gasteiger partial charge in [-0.15, -0.1) is 0 Å². The number of rotatable bonds is 4. The summed E-state index contributed by atoms with van der Waals surface area (Å²) in [6.45, 7) is 1.82. The summed E-state index contributed by atoms with van der Waals surface area (Å²) >= 11 is 1.45. The third-order valence-electron chi connectivity index (χ3n) is 1.61. The minimum atomic E-state index is -0.201. The number of aromatic nitrogens is 2. The zero-order chi connectivity index (χ0) is 10.4. The Kier molecular flexibility index (Phi) is 4.39. The number of esters is 1. The summed E-state index contributed by atoms with van der Waals surface area (Å²) < 4.78 is 4.61. The Labute approximate surface area is 87.1 Å². The Bertz CT molecular complexity index is 292. The van der Waals surface area contributed by atoms with E-state index < -0.39 is 0 Å². The highest BCUT2D eigenvalue weighted by atomic mass is 32.2. The first-order chi connectivity index (χ1) is 6.74. The zero-order valence-corrected chi connectivity index (χ0v) is 8.95. The number of carbonyl (C=O) groups excluding carboxylic acids is 1. The van der Waals surface area contributed by atoms with Crippen LogP contribution in [0.4, 0.5) is 0 Å². The molecule has 0 saturated carbocycles. The van der Waals surface area contributed by atoms with E-state index in [4.69, 9.17) is 0 Å². The molecule has 1 heterocycles. The fourth-order valence-electron chi connectivity index (χ4n) is 0.829. The van der Waals surface area contributed by atoms with Gasteiger partial charge in [0.1, 0.15) is 0 Å². The third kappa shape index (κ3) is 3.33. The van der Waals surface area contributed by atoms with Gasteiger partial charge in [0, 0.05) is 18.1 Å². The van der Waals surface area contributed by atoms with Crippen LogP contribution in [-0.4, -0.2) is 28.8 Å². The molecule has 4 nitrogen and oxygen atoms in total. The van der Waals surface area contributed by atoms with E-state index in [1.165, 1.54) is 18.9 Å². The lowest BCUT2D eigenvalue weighted by atomic mass is 10.2. The van der Waals surface area contributed by atoms with E-state index in [0.717, 1.165) is 0 Å². The predicted octanol–water partition coefficient (Wildman–Crippen LogP) is 1.38. The van der Waals surface area contributed by atoms with Crippen LogP contribution in [0, 0.1) is 5.92 Å². The summed E-state index contributed by atoms with van der Waals surface area (Å²) in [5.41, 5.74) is 0. The first-order valence-electron chi connectivity index (χ1n) is 4.21. The van der Waals surface area contributed by atoms with Crippen molar-refractivity contribution in [3.8, 4) is 0 Å². The maximum atomic E-state index is 11.1. The fraction of sp³-hybridized carbons (Fsp3) is 0.444. The van der Waals surface area contributed by atoms with Gasteiger partial charge in [0.2, 0.25) is 0 Å². The van der Waals surface area contributed by atoms with E-state index in [-0.39, 0.29) is 11.9 Å². The molecule has 0 aliphatic carbocycles. The number of hydrogen-bond acceptors (Lipinski definition) is 5. The number of nitrogens with zero attached hydrogens (tertiary/aromatic N) is 2. The number of methoxy groups -OCH3 is 1. The lowest BCUT2D eigenvalue weighted by Crippen LogP contribution is -2.14. The monoisotopic (exact) mass is 212 g/mol. The van der Waals surface area contributed by atoms with Gasteiger partial charge >= 0.3 is 5.97 Å². The van der Waals surface area contributed by atoms with Crippen LogP contribution < -0.4 is 0 Å². The summed E-state index contributed by atoms with van der Waals surface area (Å²) in [4.78, 5) is 19.1. The van der Waals surface area contributed by atoms with Crippen molar-refractivity contribution in [3.63, 3.8) is 0 Å². The molecule has 5 heteroatoms. The van der Waals surface area contributed by atoms with Gasteiger partial charge in [-0.3, -0.25) is 4.79 Å². The molecule has 0 N–H and O–H groups in total. The summed E-state index contributed by atoms with van der Waals surface area (Å²) in [5.74, 6) is 0.304. The Morgan fingerprint density at radius 3 is 2.79 bits per heavy atom. The van der Waals surface area contributed by atoms with Gasteiger partial charge < -0.3 is 4.74 Å². The average molecular weight is 212 g/mol. The van der Waals surface area contributed by atoms with Gasteiger partial charge in [0.05, 0.1) is 13.0 Å². The predicted molar refractivity (Wildman–Crippen MR) is 53.9 cm³/mol. The van der Waals surface area contributed by atoms with Crippen molar-refractivity contribution in [2.45, 2.75) is 12.1 Å². The van der Waals surface area contributed by atoms with Gasteiger partial charge in [-0.25, -0.2) is 9.97 Å². The lowest BCUT2D eigenvalue weighted by Gasteiger charge is -2.06. The Balaban J connectivity index is 2.38. The molecule has 14 heavy (non-hydrogen) atoms. The average Bonchev–Trinajstić information content (AvgIpc) is 2.26. The topological polar surface area (TPSA) is 52.1 Å². The second kappa shape index (κ2) is 5.59. The normalized spacial score (nSPS) is 12.1. The molecule has 0 aliphatic rings. The van der Waals surface area contributed by atoms with Crippen molar-refractivity contribution in [1.82, 2.24) is 9.97 Å². The highest BCUT2D eigenvalue weighted by molar-refractivity contribution is 7.99. The summed E-state index contributed by atoms with van der Waals surface area (Å²) in [6, 6.07) is 1.76. The third-order valence-corrected chi connectivity index (χ3v) is 2.74. The van der Waals surface area contributed by atoms with Crippen molar-refractivity contribution < 1.29 is 9.53 Å². The number of hydrogen-bond donors (Lipinski definition) is 0. The van der Waals surface area contributed by atoms with E-state index in [2.05, 4.69) is 14.7 Å². The van der Waals surface area contributed by atoms with Gasteiger partial charge in [-0.05, 0) is 6.07 Å². The van der Waals surface area contributed by atoms with Crippen molar-refractivity contribution in [2.75, 3.05) is 12.9 Å². The summed E-state index contributed by atoms with van der Waals surface area (Å²) in [5, 5.41) is 0.684. The second-order valence-corrected chi connectivity index (χ2v) is 3.75. The highest BCUT2D eigenvalue weighted by Crippen LogP contribution is 2.15. The molecule has 1 aromatic rings. The van der Waals surface area contributed by atoms with Gasteiger partial charge in [-0.2, -0.15) is 0 Å². The van der Waals surface area contributed by atoms with E-state index >= 15 is 0 Å². The maximum absolute atomic E-state index is 11.1. The number of thioether (sulfide) groups is 1. The molecule has 1 unspecified atom stereocenters. The van der Waals surface area contributed by atoms with Crippen LogP contribution in [0.3, 0.4) is 0 Å². The van der Waals surface area contributed by atoms with Crippen LogP contribution in [0.15, 0.2) is 23.6 Å². The molecule has 76 valence electrons. The molecule has 0 aromatic carbocycles. The van der Waals surface area contributed by atoms with E-state index in [1.807, 2.05) is 6.92 Å². The van der Waals surface area contributed by atoms with Crippen molar-refractivity contribution in [2.24, 2.45) is 5.92 Å². The highest BCUT2D eigenvalue weighted by Gasteiger charge is 2.13. The van der Waals surface area contributed by atoms with E-state index in [9.17, 15) is 4.79 Å². The SMILES string of the molecule is COC(=O)C(C)CSc1ncccn1. The molecule has 1 rings (SSSR count). The maximum Gasteiger partial charge on any atom is 0.309 e. The van der Waals surface area contributed by atoms with Crippen molar-refractivity contribution >= 4 is 17.7 Å². The number of carbonyl (C=O) groups is 1. The quantitative estimate of drug-likeness (QED) is 0.428. The molecule has 0 spiro atoms. The summed E-state index contributed by atoms with van der Waals surface area (Å²) in [6.07, 6.45) is 3.36. The Morgan fingerprint density at radius 2 is 2.21 bits per heavy atom. The van der Waals surface area contributed by atoms with Crippen LogP contribution in [0.2, 0.25) is 0 Å². The molecule has 1 atom stereocenters. The standard InChI is InChI=1S/C9H12N2O2S/c1-7(8(12)13-2)6-14-9-10-4-3-5-11-9/h3-5,7H,6H2,1-2H3. The lowest BCUT2D eigenvalue weighted by molar-refractivity contribution is -0.143. The second-order valence-electron chi connectivity index (χ2n) is 2.77. The van der Waals surface area contributed by atoms with Gasteiger partial charge in [-0.1, -0.05) is 18.7 Å². The molecule has 0 fully saturated rings. The fourth-order valence-corrected chi connectivity index (χ4v) is 1.63. The number of ether oxygens (including phenoxy) is 1. The molecule has 0 radical (unpaired) electrons. The van der Waals surface area contributed by atoms with E-state index in [1.54, 1.807) is 18.5 Å². The first kappa shape index (κ1) is 11.0. The molecule has 0 amide bonds. The Morgan fingerprint density at radius 1 is 1.57 bits per heavy atom. The molecule has 0 aliphatic heterocycles. The molecule has 1 aromatic heterocycles. The first-order valence-corrected chi connectivity index (χ1v) is 5.20. The molecular formula is C9H12N2O2S. The van der Waals surface area contributed by atoms with Gasteiger partial charge in [0.15, 0.2) is 5.16 Å². The minimum absolute atomic E-state index is 0.131. The van der Waals surface area contributed by atoms with Crippen LogP contribution in [-0.2, 0) is 9.53 Å². The summed E-state index contributed by atoms with van der Waals surface area (Å²) in [7, 11) is 1.39. The van der Waals surface area contributed by atoms with Crippen molar-refractivity contribution in [1.29, 1.82) is 0 Å². The van der Waals surface area contributed by atoms with E-state index in [0.29, 0.717) is 10.9 Å². The minimum Gasteiger partial charge on any atom is -0.469 e. The van der Waals surface area contributed by atoms with Crippen LogP contribution in [0.1, 0.15) is 6.92 Å². The zero-order valence-electron chi connectivity index (χ0n) is 8.14. The van der Waals surface area contributed by atoms with Crippen LogP contribution in [0.5, 0.6) is 0 Å². The van der Waals surface area contributed by atoms with Gasteiger partial charge in [0.25, 0.3) is 0 Å². The van der Waals surface area contributed by atoms with Crippen LogP contribution in [0.25, 0.3) is 0 Å². The Hall–Kier alpha value is -1.10. The van der Waals surface area contributed by atoms with Crippen molar-refractivity contribution in [3.05, 3.63) is 18.5 Å². The van der Waals surface area contributed by atoms with Crippen LogP contribution >= 0.6 is 11.8 Å².